The molecule has 6 heteroatoms. The van der Waals surface area contributed by atoms with Crippen LogP contribution in [0.2, 0.25) is 0 Å². The number of rotatable bonds is 6. The molecule has 0 aliphatic carbocycles. The number of hydrogen-bond acceptors (Lipinski definition) is 5. The summed E-state index contributed by atoms with van der Waals surface area (Å²) in [6.45, 7) is 8.53. The largest absolute Gasteiger partial charge is 0.378 e. The number of fused-ring (bicyclic) bond motifs is 1. The summed E-state index contributed by atoms with van der Waals surface area (Å²) in [6.07, 6.45) is 5.28. The number of morpholine rings is 1. The standard InChI is InChI=1S/C25H31N5O/c1-20-23(22-11-5-12-26-24(22)28-16-18-31-19-17-28)25-29(14-7-15-30(25)27-20)13-6-10-21-8-3-2-4-9-21/h2-5,8-9,11-12H,6-7,10,13-19H2,1H3. The van der Waals surface area contributed by atoms with E-state index in [-0.39, 0.29) is 0 Å². The van der Waals surface area contributed by atoms with Gasteiger partial charge >= 0.3 is 0 Å². The molecule has 3 aromatic rings. The summed E-state index contributed by atoms with van der Waals surface area (Å²) >= 11 is 0. The molecule has 0 saturated carbocycles. The predicted molar refractivity (Wildman–Crippen MR) is 125 cm³/mol. The third-order valence-corrected chi connectivity index (χ3v) is 6.30. The number of hydrogen-bond donors (Lipinski definition) is 0. The van der Waals surface area contributed by atoms with Gasteiger partial charge in [-0.3, -0.25) is 0 Å². The molecule has 1 saturated heterocycles. The summed E-state index contributed by atoms with van der Waals surface area (Å²) < 4.78 is 7.78. The van der Waals surface area contributed by atoms with Gasteiger partial charge < -0.3 is 14.5 Å². The summed E-state index contributed by atoms with van der Waals surface area (Å²) in [5, 5.41) is 4.93. The third kappa shape index (κ3) is 4.17. The van der Waals surface area contributed by atoms with E-state index in [4.69, 9.17) is 14.8 Å². The average Bonchev–Trinajstić information content (AvgIpc) is 3.17. The van der Waals surface area contributed by atoms with Gasteiger partial charge in [0.25, 0.3) is 0 Å². The van der Waals surface area contributed by atoms with Crippen molar-refractivity contribution >= 4 is 11.6 Å². The van der Waals surface area contributed by atoms with Crippen LogP contribution in [0, 0.1) is 6.92 Å². The summed E-state index contributed by atoms with van der Waals surface area (Å²) in [5.41, 5.74) is 4.94. The quantitative estimate of drug-likeness (QED) is 0.608. The van der Waals surface area contributed by atoms with E-state index in [0.29, 0.717) is 0 Å². The van der Waals surface area contributed by atoms with Gasteiger partial charge in [-0.1, -0.05) is 30.3 Å². The molecule has 0 amide bonds. The highest BCUT2D eigenvalue weighted by Crippen LogP contribution is 2.40. The first-order valence-corrected chi connectivity index (χ1v) is 11.5. The van der Waals surface area contributed by atoms with Crippen molar-refractivity contribution in [3.05, 3.63) is 59.9 Å². The predicted octanol–water partition coefficient (Wildman–Crippen LogP) is 3.93. The number of pyridine rings is 1. The van der Waals surface area contributed by atoms with Crippen LogP contribution >= 0.6 is 0 Å². The molecule has 4 heterocycles. The first-order chi connectivity index (χ1) is 15.3. The molecule has 162 valence electrons. The van der Waals surface area contributed by atoms with E-state index in [1.54, 1.807) is 0 Å². The van der Waals surface area contributed by atoms with E-state index in [2.05, 4.69) is 57.8 Å². The Hall–Kier alpha value is -2.86. The van der Waals surface area contributed by atoms with Gasteiger partial charge in [0.15, 0.2) is 0 Å². The Morgan fingerprint density at radius 2 is 1.81 bits per heavy atom. The lowest BCUT2D eigenvalue weighted by atomic mass is 10.0. The summed E-state index contributed by atoms with van der Waals surface area (Å²) in [4.78, 5) is 9.68. The second-order valence-electron chi connectivity index (χ2n) is 8.41. The smallest absolute Gasteiger partial charge is 0.136 e. The molecule has 0 radical (unpaired) electrons. The highest BCUT2D eigenvalue weighted by atomic mass is 16.5. The molecule has 31 heavy (non-hydrogen) atoms. The Morgan fingerprint density at radius 3 is 2.65 bits per heavy atom. The number of nitrogens with zero attached hydrogens (tertiary/aromatic N) is 5. The van der Waals surface area contributed by atoms with E-state index in [0.717, 1.165) is 76.7 Å². The maximum atomic E-state index is 5.57. The minimum absolute atomic E-state index is 0.757. The minimum atomic E-state index is 0.757. The first kappa shape index (κ1) is 20.1. The molecule has 0 unspecified atom stereocenters. The van der Waals surface area contributed by atoms with Crippen molar-refractivity contribution in [1.82, 2.24) is 14.8 Å². The lowest BCUT2D eigenvalue weighted by Crippen LogP contribution is -2.37. The number of ether oxygens (including phenoxy) is 1. The van der Waals surface area contributed by atoms with Crippen molar-refractivity contribution in [2.24, 2.45) is 0 Å². The van der Waals surface area contributed by atoms with E-state index < -0.39 is 0 Å². The van der Waals surface area contributed by atoms with Gasteiger partial charge in [-0.15, -0.1) is 0 Å². The molecule has 5 rings (SSSR count). The van der Waals surface area contributed by atoms with Gasteiger partial charge in [0.1, 0.15) is 11.6 Å². The Bertz CT molecular complexity index is 1010. The molecule has 1 aromatic carbocycles. The Morgan fingerprint density at radius 1 is 0.968 bits per heavy atom. The molecule has 0 spiro atoms. The lowest BCUT2D eigenvalue weighted by molar-refractivity contribution is 0.122. The number of benzene rings is 1. The fraction of sp³-hybridized carbons (Fsp3) is 0.440. The Labute approximate surface area is 184 Å². The average molecular weight is 418 g/mol. The minimum Gasteiger partial charge on any atom is -0.378 e. The number of aryl methyl sites for hydroxylation is 3. The van der Waals surface area contributed by atoms with E-state index >= 15 is 0 Å². The lowest BCUT2D eigenvalue weighted by Gasteiger charge is -2.32. The van der Waals surface area contributed by atoms with Crippen molar-refractivity contribution in [2.45, 2.75) is 32.7 Å². The zero-order valence-corrected chi connectivity index (χ0v) is 18.3. The Balaban J connectivity index is 1.44. The third-order valence-electron chi connectivity index (χ3n) is 6.30. The molecular formula is C25H31N5O. The van der Waals surface area contributed by atoms with Gasteiger partial charge in [0.2, 0.25) is 0 Å². The van der Waals surface area contributed by atoms with E-state index in [1.165, 1.54) is 22.5 Å². The zero-order valence-electron chi connectivity index (χ0n) is 18.3. The monoisotopic (exact) mass is 417 g/mol. The van der Waals surface area contributed by atoms with Gasteiger partial charge in [0, 0.05) is 44.5 Å². The van der Waals surface area contributed by atoms with E-state index in [1.807, 2.05) is 12.3 Å². The van der Waals surface area contributed by atoms with Gasteiger partial charge in [-0.05, 0) is 43.9 Å². The van der Waals surface area contributed by atoms with Crippen molar-refractivity contribution in [2.75, 3.05) is 49.2 Å². The molecule has 6 nitrogen and oxygen atoms in total. The number of aromatic nitrogens is 3. The normalized spacial score (nSPS) is 16.4. The molecule has 0 N–H and O–H groups in total. The summed E-state index contributed by atoms with van der Waals surface area (Å²) in [6, 6.07) is 15.0. The zero-order chi connectivity index (χ0) is 21.0. The highest BCUT2D eigenvalue weighted by Gasteiger charge is 2.28. The van der Waals surface area contributed by atoms with Gasteiger partial charge in [-0.2, -0.15) is 5.10 Å². The first-order valence-electron chi connectivity index (χ1n) is 11.5. The molecular weight excluding hydrogens is 386 g/mol. The molecule has 0 bridgehead atoms. The molecule has 2 aliphatic heterocycles. The van der Waals surface area contributed by atoms with Crippen LogP contribution in [0.15, 0.2) is 48.7 Å². The maximum Gasteiger partial charge on any atom is 0.136 e. The van der Waals surface area contributed by atoms with Crippen molar-refractivity contribution < 1.29 is 4.74 Å². The summed E-state index contributed by atoms with van der Waals surface area (Å²) in [7, 11) is 0. The van der Waals surface area contributed by atoms with Crippen LogP contribution in [0.5, 0.6) is 0 Å². The Kier molecular flexibility index (Phi) is 5.89. The van der Waals surface area contributed by atoms with E-state index in [9.17, 15) is 0 Å². The molecule has 1 fully saturated rings. The maximum absolute atomic E-state index is 5.57. The van der Waals surface area contributed by atoms with Gasteiger partial charge in [-0.25, -0.2) is 9.67 Å². The number of anilines is 2. The van der Waals surface area contributed by atoms with Crippen LogP contribution in [0.3, 0.4) is 0 Å². The molecule has 2 aliphatic rings. The molecule has 0 atom stereocenters. The fourth-order valence-electron chi connectivity index (χ4n) is 4.83. The SMILES string of the molecule is Cc1nn2c(c1-c1cccnc1N1CCOCC1)N(CCCc1ccccc1)CCC2. The topological polar surface area (TPSA) is 46.4 Å². The van der Waals surface area contributed by atoms with Crippen molar-refractivity contribution in [3.8, 4) is 11.1 Å². The van der Waals surface area contributed by atoms with Crippen LogP contribution in [-0.4, -0.2) is 54.2 Å². The van der Waals surface area contributed by atoms with Crippen LogP contribution in [0.4, 0.5) is 11.6 Å². The summed E-state index contributed by atoms with van der Waals surface area (Å²) in [5.74, 6) is 2.32. The van der Waals surface area contributed by atoms with Crippen LogP contribution in [0.1, 0.15) is 24.1 Å². The van der Waals surface area contributed by atoms with Crippen molar-refractivity contribution in [1.29, 1.82) is 0 Å². The van der Waals surface area contributed by atoms with Crippen LogP contribution < -0.4 is 9.80 Å². The second-order valence-corrected chi connectivity index (χ2v) is 8.41. The van der Waals surface area contributed by atoms with Crippen molar-refractivity contribution in [3.63, 3.8) is 0 Å². The fourth-order valence-corrected chi connectivity index (χ4v) is 4.83. The second kappa shape index (κ2) is 9.10. The van der Waals surface area contributed by atoms with Crippen LogP contribution in [-0.2, 0) is 17.7 Å². The molecule has 2 aromatic heterocycles. The van der Waals surface area contributed by atoms with Crippen LogP contribution in [0.25, 0.3) is 11.1 Å². The highest BCUT2D eigenvalue weighted by molar-refractivity contribution is 5.86. The van der Waals surface area contributed by atoms with Gasteiger partial charge in [0.05, 0.1) is 24.5 Å².